The lowest BCUT2D eigenvalue weighted by atomic mass is 10.1. The monoisotopic (exact) mass is 371 g/mol. The maximum absolute atomic E-state index is 13.1. The normalized spacial score (nSPS) is 11.2. The summed E-state index contributed by atoms with van der Waals surface area (Å²) in [5.41, 5.74) is -0.198. The van der Waals surface area contributed by atoms with Gasteiger partial charge in [0.1, 0.15) is 18.0 Å². The average molecular weight is 371 g/mol. The van der Waals surface area contributed by atoms with E-state index in [1.165, 1.54) is 26.4 Å². The van der Waals surface area contributed by atoms with Crippen molar-refractivity contribution in [2.24, 2.45) is 0 Å². The fourth-order valence-corrected chi connectivity index (χ4v) is 2.50. The van der Waals surface area contributed by atoms with Crippen LogP contribution in [0.5, 0.6) is 11.5 Å². The van der Waals surface area contributed by atoms with Crippen LogP contribution in [-0.2, 0) is 14.3 Å². The van der Waals surface area contributed by atoms with Crippen molar-refractivity contribution in [3.63, 3.8) is 0 Å². The lowest BCUT2D eigenvalue weighted by molar-refractivity contribution is -0.171. The summed E-state index contributed by atoms with van der Waals surface area (Å²) >= 11 is 0. The quantitative estimate of drug-likeness (QED) is 0.756. The minimum atomic E-state index is -5.19. The molecule has 0 heterocycles. The molecule has 6 nitrogen and oxygen atoms in total. The van der Waals surface area contributed by atoms with E-state index in [-0.39, 0.29) is 16.8 Å². The number of carbonyl (C=O) groups is 2. The van der Waals surface area contributed by atoms with Gasteiger partial charge in [0.25, 0.3) is 0 Å². The molecule has 26 heavy (non-hydrogen) atoms. The number of nitrogens with zero attached hydrogens (tertiary/aromatic N) is 1. The molecule has 140 valence electrons. The topological polar surface area (TPSA) is 65.1 Å². The molecule has 0 N–H and O–H groups in total. The molecule has 0 aliphatic rings. The molecule has 0 spiro atoms. The van der Waals surface area contributed by atoms with Gasteiger partial charge in [0.05, 0.1) is 27.0 Å². The summed E-state index contributed by atoms with van der Waals surface area (Å²) in [6.45, 7) is -0.929. The van der Waals surface area contributed by atoms with E-state index in [4.69, 9.17) is 9.47 Å². The zero-order valence-corrected chi connectivity index (χ0v) is 14.2. The van der Waals surface area contributed by atoms with Crippen molar-refractivity contribution in [1.29, 1.82) is 0 Å². The summed E-state index contributed by atoms with van der Waals surface area (Å²) in [5, 5.41) is 0.709. The second-order valence-corrected chi connectivity index (χ2v) is 5.14. The second-order valence-electron chi connectivity index (χ2n) is 5.14. The summed E-state index contributed by atoms with van der Waals surface area (Å²) in [6.07, 6.45) is -5.19. The smallest absolute Gasteiger partial charge is 0.471 e. The van der Waals surface area contributed by atoms with Crippen molar-refractivity contribution in [2.45, 2.75) is 6.18 Å². The summed E-state index contributed by atoms with van der Waals surface area (Å²) in [6, 6.07) is 7.72. The molecule has 0 atom stereocenters. The molecule has 9 heteroatoms. The third-order valence-corrected chi connectivity index (χ3v) is 3.66. The number of hydrogen-bond donors (Lipinski definition) is 0. The number of amides is 1. The van der Waals surface area contributed by atoms with Crippen LogP contribution < -0.4 is 14.4 Å². The van der Waals surface area contributed by atoms with E-state index in [2.05, 4.69) is 4.74 Å². The molecule has 0 radical (unpaired) electrons. The average Bonchev–Trinajstić information content (AvgIpc) is 2.63. The number of esters is 1. The van der Waals surface area contributed by atoms with Gasteiger partial charge >= 0.3 is 18.1 Å². The number of fused-ring (bicyclic) bond motifs is 1. The standard InChI is InChI=1S/C17H16F3NO5/c1-24-12-8-13(25-2)15(11-7-5-4-6-10(11)12)21(9-14(22)26-3)16(23)17(18,19)20/h4-8H,9H2,1-3H3. The Kier molecular flexibility index (Phi) is 5.59. The predicted molar refractivity (Wildman–Crippen MR) is 87.5 cm³/mol. The first-order valence-corrected chi connectivity index (χ1v) is 7.33. The van der Waals surface area contributed by atoms with Crippen LogP contribution in [0.1, 0.15) is 0 Å². The minimum Gasteiger partial charge on any atom is -0.496 e. The molecular weight excluding hydrogens is 355 g/mol. The summed E-state index contributed by atoms with van der Waals surface area (Å²) < 4.78 is 54.2. The molecular formula is C17H16F3NO5. The van der Waals surface area contributed by atoms with Crippen molar-refractivity contribution in [3.05, 3.63) is 30.3 Å². The third-order valence-electron chi connectivity index (χ3n) is 3.66. The van der Waals surface area contributed by atoms with E-state index < -0.39 is 24.6 Å². The molecule has 1 amide bonds. The zero-order valence-electron chi connectivity index (χ0n) is 14.2. The highest BCUT2D eigenvalue weighted by Gasteiger charge is 2.45. The Labute approximate surface area is 147 Å². The van der Waals surface area contributed by atoms with Gasteiger partial charge in [-0.2, -0.15) is 13.2 Å². The molecule has 2 aromatic carbocycles. The fraction of sp³-hybridized carbons (Fsp3) is 0.294. The number of benzene rings is 2. The van der Waals surface area contributed by atoms with Crippen LogP contribution in [0.3, 0.4) is 0 Å². The van der Waals surface area contributed by atoms with Crippen LogP contribution in [0, 0.1) is 0 Å². The van der Waals surface area contributed by atoms with Gasteiger partial charge in [-0.25, -0.2) is 0 Å². The Morgan fingerprint density at radius 2 is 1.58 bits per heavy atom. The molecule has 0 saturated heterocycles. The molecule has 0 aliphatic carbocycles. The summed E-state index contributed by atoms with van der Waals surface area (Å²) in [4.78, 5) is 23.9. The molecule has 2 rings (SSSR count). The van der Waals surface area contributed by atoms with Gasteiger partial charge < -0.3 is 14.2 Å². The highest BCUT2D eigenvalue weighted by atomic mass is 19.4. The van der Waals surface area contributed by atoms with Crippen LogP contribution in [0.2, 0.25) is 0 Å². The molecule has 2 aromatic rings. The second kappa shape index (κ2) is 7.51. The molecule has 0 fully saturated rings. The highest BCUT2D eigenvalue weighted by Crippen LogP contribution is 2.42. The summed E-state index contributed by atoms with van der Waals surface area (Å²) in [5.74, 6) is -2.93. The Morgan fingerprint density at radius 3 is 2.08 bits per heavy atom. The number of halogens is 3. The number of carbonyl (C=O) groups excluding carboxylic acids is 2. The fourth-order valence-electron chi connectivity index (χ4n) is 2.50. The van der Waals surface area contributed by atoms with Gasteiger partial charge in [-0.3, -0.25) is 14.5 Å². The van der Waals surface area contributed by atoms with Crippen molar-refractivity contribution in [3.8, 4) is 11.5 Å². The van der Waals surface area contributed by atoms with Crippen molar-refractivity contribution in [2.75, 3.05) is 32.8 Å². The van der Waals surface area contributed by atoms with Gasteiger partial charge in [0.2, 0.25) is 0 Å². The first kappa shape index (κ1) is 19.4. The maximum atomic E-state index is 13.1. The Hall–Kier alpha value is -2.97. The lowest BCUT2D eigenvalue weighted by Crippen LogP contribution is -2.44. The van der Waals surface area contributed by atoms with E-state index in [1.807, 2.05) is 0 Å². The first-order chi connectivity index (χ1) is 12.2. The van der Waals surface area contributed by atoms with Gasteiger partial charge in [-0.1, -0.05) is 24.3 Å². The van der Waals surface area contributed by atoms with E-state index in [0.29, 0.717) is 16.0 Å². The van der Waals surface area contributed by atoms with Crippen molar-refractivity contribution < 1.29 is 37.0 Å². The van der Waals surface area contributed by atoms with Crippen molar-refractivity contribution >= 4 is 28.3 Å². The molecule has 0 aliphatic heterocycles. The van der Waals surface area contributed by atoms with E-state index in [0.717, 1.165) is 7.11 Å². The lowest BCUT2D eigenvalue weighted by Gasteiger charge is -2.26. The predicted octanol–water partition coefficient (Wildman–Crippen LogP) is 2.93. The van der Waals surface area contributed by atoms with Gasteiger partial charge in [-0.15, -0.1) is 0 Å². The first-order valence-electron chi connectivity index (χ1n) is 7.33. The minimum absolute atomic E-state index is 0.0537. The van der Waals surface area contributed by atoms with Gasteiger partial charge in [0, 0.05) is 16.8 Å². The largest absolute Gasteiger partial charge is 0.496 e. The van der Waals surface area contributed by atoms with E-state index in [9.17, 15) is 22.8 Å². The Bertz CT molecular complexity index is 835. The molecule has 0 saturated carbocycles. The van der Waals surface area contributed by atoms with Crippen LogP contribution >= 0.6 is 0 Å². The number of hydrogen-bond acceptors (Lipinski definition) is 5. The Balaban J connectivity index is 2.80. The van der Waals surface area contributed by atoms with Crippen LogP contribution in [0.25, 0.3) is 10.8 Å². The molecule has 0 bridgehead atoms. The molecule has 0 aromatic heterocycles. The SMILES string of the molecule is COC(=O)CN(C(=O)C(F)(F)F)c1c(OC)cc(OC)c2ccccc12. The number of methoxy groups -OCH3 is 3. The summed E-state index contributed by atoms with van der Waals surface area (Å²) in [7, 11) is 3.65. The van der Waals surface area contributed by atoms with Gasteiger partial charge in [-0.05, 0) is 0 Å². The van der Waals surface area contributed by atoms with E-state index >= 15 is 0 Å². The van der Waals surface area contributed by atoms with E-state index in [1.54, 1.807) is 18.2 Å². The highest BCUT2D eigenvalue weighted by molar-refractivity contribution is 6.11. The van der Waals surface area contributed by atoms with Crippen LogP contribution in [0.4, 0.5) is 18.9 Å². The van der Waals surface area contributed by atoms with Crippen molar-refractivity contribution in [1.82, 2.24) is 0 Å². The molecule has 0 unspecified atom stereocenters. The maximum Gasteiger partial charge on any atom is 0.471 e. The van der Waals surface area contributed by atoms with Gasteiger partial charge in [0.15, 0.2) is 0 Å². The number of anilines is 1. The number of alkyl halides is 3. The number of ether oxygens (including phenoxy) is 3. The number of rotatable bonds is 5. The zero-order chi connectivity index (χ0) is 19.5. The van der Waals surface area contributed by atoms with Crippen LogP contribution in [-0.4, -0.2) is 45.9 Å². The van der Waals surface area contributed by atoms with Crippen LogP contribution in [0.15, 0.2) is 30.3 Å². The third kappa shape index (κ3) is 3.66. The Morgan fingerprint density at radius 1 is 1.00 bits per heavy atom.